The first-order valence-corrected chi connectivity index (χ1v) is 6.86. The second-order valence-electron chi connectivity index (χ2n) is 3.98. The lowest BCUT2D eigenvalue weighted by Crippen LogP contribution is -2.16. The molecule has 1 heterocycles. The highest BCUT2D eigenvalue weighted by atomic mass is 79.9. The van der Waals surface area contributed by atoms with E-state index in [-0.39, 0.29) is 6.04 Å². The van der Waals surface area contributed by atoms with E-state index in [9.17, 15) is 0 Å². The zero-order valence-electron chi connectivity index (χ0n) is 9.98. The molecule has 1 atom stereocenters. The van der Waals surface area contributed by atoms with Crippen molar-refractivity contribution < 1.29 is 0 Å². The van der Waals surface area contributed by atoms with Crippen LogP contribution in [0.1, 0.15) is 24.4 Å². The summed E-state index contributed by atoms with van der Waals surface area (Å²) in [5, 5.41) is 4.82. The van der Waals surface area contributed by atoms with Gasteiger partial charge in [0, 0.05) is 23.5 Å². The zero-order valence-corrected chi connectivity index (χ0v) is 12.3. The van der Waals surface area contributed by atoms with Gasteiger partial charge in [0.25, 0.3) is 0 Å². The molecule has 96 valence electrons. The van der Waals surface area contributed by atoms with Crippen molar-refractivity contribution in [1.29, 1.82) is 0 Å². The van der Waals surface area contributed by atoms with Crippen LogP contribution in [0.2, 0.25) is 5.02 Å². The van der Waals surface area contributed by atoms with E-state index >= 15 is 0 Å². The van der Waals surface area contributed by atoms with Crippen LogP contribution in [0.3, 0.4) is 0 Å². The van der Waals surface area contributed by atoms with E-state index in [0.29, 0.717) is 11.4 Å². The molecule has 0 aliphatic heterocycles. The normalized spacial score (nSPS) is 12.7. The summed E-state index contributed by atoms with van der Waals surface area (Å²) in [5.41, 5.74) is 7.21. The maximum absolute atomic E-state index is 6.18. The molecule has 1 aromatic heterocycles. The first-order chi connectivity index (χ1) is 8.61. The molecule has 1 unspecified atom stereocenters. The van der Waals surface area contributed by atoms with Crippen molar-refractivity contribution in [1.82, 2.24) is 14.8 Å². The summed E-state index contributed by atoms with van der Waals surface area (Å²) in [7, 11) is 0. The van der Waals surface area contributed by atoms with Crippen molar-refractivity contribution in [2.75, 3.05) is 0 Å². The van der Waals surface area contributed by atoms with Gasteiger partial charge in [0.05, 0.1) is 5.02 Å². The fourth-order valence-electron chi connectivity index (χ4n) is 1.77. The maximum Gasteiger partial charge on any atom is 0.138 e. The number of aromatic nitrogens is 3. The van der Waals surface area contributed by atoms with Gasteiger partial charge in [-0.15, -0.1) is 0 Å². The highest BCUT2D eigenvalue weighted by molar-refractivity contribution is 9.10. The Bertz CT molecular complexity index is 541. The number of hydrogen-bond acceptors (Lipinski definition) is 3. The first-order valence-electron chi connectivity index (χ1n) is 5.69. The summed E-state index contributed by atoms with van der Waals surface area (Å²) in [6.45, 7) is 2.83. The van der Waals surface area contributed by atoms with E-state index in [1.165, 1.54) is 0 Å². The summed E-state index contributed by atoms with van der Waals surface area (Å²) in [4.78, 5) is 4.23. The molecule has 0 bridgehead atoms. The van der Waals surface area contributed by atoms with Gasteiger partial charge in [0.1, 0.15) is 12.2 Å². The van der Waals surface area contributed by atoms with Crippen LogP contribution in [0.5, 0.6) is 0 Å². The molecule has 0 saturated heterocycles. The van der Waals surface area contributed by atoms with Gasteiger partial charge in [-0.1, -0.05) is 17.7 Å². The quantitative estimate of drug-likeness (QED) is 0.938. The monoisotopic (exact) mass is 328 g/mol. The molecule has 2 rings (SSSR count). The van der Waals surface area contributed by atoms with Crippen LogP contribution in [0.25, 0.3) is 0 Å². The van der Waals surface area contributed by atoms with Gasteiger partial charge < -0.3 is 5.73 Å². The number of benzene rings is 1. The molecule has 18 heavy (non-hydrogen) atoms. The van der Waals surface area contributed by atoms with Gasteiger partial charge >= 0.3 is 0 Å². The van der Waals surface area contributed by atoms with Gasteiger partial charge in [-0.05, 0) is 40.5 Å². The molecule has 0 saturated carbocycles. The molecule has 0 aliphatic rings. The van der Waals surface area contributed by atoms with Crippen molar-refractivity contribution >= 4 is 27.5 Å². The summed E-state index contributed by atoms with van der Waals surface area (Å²) in [6, 6.07) is 5.60. The smallest absolute Gasteiger partial charge is 0.138 e. The number of halogens is 2. The minimum atomic E-state index is -0.118. The molecule has 0 amide bonds. The van der Waals surface area contributed by atoms with Crippen LogP contribution in [0, 0.1) is 0 Å². The Hall–Kier alpha value is -0.910. The Morgan fingerprint density at radius 3 is 2.94 bits per heavy atom. The minimum absolute atomic E-state index is 0.118. The van der Waals surface area contributed by atoms with E-state index in [2.05, 4.69) is 26.0 Å². The van der Waals surface area contributed by atoms with Crippen molar-refractivity contribution in [2.45, 2.75) is 25.9 Å². The minimum Gasteiger partial charge on any atom is -0.324 e. The second kappa shape index (κ2) is 5.82. The predicted molar refractivity (Wildman–Crippen MR) is 75.5 cm³/mol. The highest BCUT2D eigenvalue weighted by Crippen LogP contribution is 2.26. The van der Waals surface area contributed by atoms with Crippen molar-refractivity contribution in [3.63, 3.8) is 0 Å². The average molecular weight is 330 g/mol. The van der Waals surface area contributed by atoms with Crippen LogP contribution in [-0.2, 0) is 13.0 Å². The maximum atomic E-state index is 6.18. The lowest BCUT2D eigenvalue weighted by Gasteiger charge is -2.12. The Morgan fingerprint density at radius 1 is 1.50 bits per heavy atom. The Balaban J connectivity index is 2.16. The summed E-state index contributed by atoms with van der Waals surface area (Å²) < 4.78 is 2.71. The Labute approximate surface area is 119 Å². The molecule has 6 heteroatoms. The molecule has 0 fully saturated rings. The van der Waals surface area contributed by atoms with Crippen molar-refractivity contribution in [3.8, 4) is 0 Å². The van der Waals surface area contributed by atoms with Crippen molar-refractivity contribution in [2.24, 2.45) is 5.73 Å². The summed E-state index contributed by atoms with van der Waals surface area (Å²) >= 11 is 9.36. The predicted octanol–water partition coefficient (Wildman–Crippen LogP) is 2.96. The molecule has 1 aromatic carbocycles. The third-order valence-corrected chi connectivity index (χ3v) is 3.98. The van der Waals surface area contributed by atoms with E-state index < -0.39 is 0 Å². The van der Waals surface area contributed by atoms with Crippen LogP contribution >= 0.6 is 27.5 Å². The van der Waals surface area contributed by atoms with Gasteiger partial charge in [0.15, 0.2) is 0 Å². The van der Waals surface area contributed by atoms with E-state index in [1.807, 2.05) is 29.8 Å². The fraction of sp³-hybridized carbons (Fsp3) is 0.333. The molecular weight excluding hydrogens is 316 g/mol. The summed E-state index contributed by atoms with van der Waals surface area (Å²) in [6.07, 6.45) is 2.21. The summed E-state index contributed by atoms with van der Waals surface area (Å²) in [5.74, 6) is 0.899. The first kappa shape index (κ1) is 13.5. The van der Waals surface area contributed by atoms with Crippen LogP contribution in [0.4, 0.5) is 0 Å². The number of hydrogen-bond donors (Lipinski definition) is 1. The Morgan fingerprint density at radius 2 is 2.28 bits per heavy atom. The molecular formula is C12H14BrClN4. The number of aryl methyl sites for hydroxylation is 1. The lowest BCUT2D eigenvalue weighted by atomic mass is 10.0. The van der Waals surface area contributed by atoms with Gasteiger partial charge in [-0.3, -0.25) is 4.68 Å². The van der Waals surface area contributed by atoms with Gasteiger partial charge in [0.2, 0.25) is 0 Å². The van der Waals surface area contributed by atoms with Crippen LogP contribution in [-0.4, -0.2) is 14.8 Å². The lowest BCUT2D eigenvalue weighted by molar-refractivity contribution is 0.581. The average Bonchev–Trinajstić information content (AvgIpc) is 2.79. The second-order valence-corrected chi connectivity index (χ2v) is 5.24. The highest BCUT2D eigenvalue weighted by Gasteiger charge is 2.12. The van der Waals surface area contributed by atoms with Crippen molar-refractivity contribution in [3.05, 3.63) is 45.4 Å². The third kappa shape index (κ3) is 2.91. The third-order valence-electron chi connectivity index (χ3n) is 2.77. The van der Waals surface area contributed by atoms with Crippen LogP contribution < -0.4 is 5.73 Å². The molecule has 0 aliphatic carbocycles. The SMILES string of the molecule is CCn1ncnc1CC(N)c1ccc(Cl)c(Br)c1. The largest absolute Gasteiger partial charge is 0.324 e. The molecule has 0 radical (unpaired) electrons. The number of rotatable bonds is 4. The van der Waals surface area contributed by atoms with Crippen LogP contribution in [0.15, 0.2) is 29.0 Å². The molecule has 2 aromatic rings. The van der Waals surface area contributed by atoms with E-state index in [1.54, 1.807) is 6.33 Å². The number of nitrogens with two attached hydrogens (primary N) is 1. The number of nitrogens with zero attached hydrogens (tertiary/aromatic N) is 3. The Kier molecular flexibility index (Phi) is 4.37. The zero-order chi connectivity index (χ0) is 13.1. The molecule has 2 N–H and O–H groups in total. The fourth-order valence-corrected chi connectivity index (χ4v) is 2.28. The standard InChI is InChI=1S/C12H14BrClN4/c1-2-18-12(16-7-17-18)6-11(15)8-3-4-10(14)9(13)5-8/h3-5,7,11H,2,6,15H2,1H3. The van der Waals surface area contributed by atoms with Gasteiger partial charge in [-0.2, -0.15) is 5.10 Å². The topological polar surface area (TPSA) is 56.7 Å². The van der Waals surface area contributed by atoms with E-state index in [4.69, 9.17) is 17.3 Å². The molecule has 0 spiro atoms. The molecule has 4 nitrogen and oxygen atoms in total. The van der Waals surface area contributed by atoms with E-state index in [0.717, 1.165) is 22.4 Å². The van der Waals surface area contributed by atoms with Gasteiger partial charge in [-0.25, -0.2) is 4.98 Å².